The van der Waals surface area contributed by atoms with Gasteiger partial charge in [-0.25, -0.2) is 9.78 Å². The van der Waals surface area contributed by atoms with Crippen LogP contribution in [0.25, 0.3) is 0 Å². The van der Waals surface area contributed by atoms with Crippen molar-refractivity contribution in [1.82, 2.24) is 20.6 Å². The van der Waals surface area contributed by atoms with Gasteiger partial charge in [0.15, 0.2) is 5.13 Å². The third kappa shape index (κ3) is 4.63. The Kier molecular flexibility index (Phi) is 6.25. The van der Waals surface area contributed by atoms with Crippen LogP contribution in [0.15, 0.2) is 0 Å². The van der Waals surface area contributed by atoms with Crippen LogP contribution in [0.5, 0.6) is 0 Å². The molecule has 1 saturated heterocycles. The maximum absolute atomic E-state index is 12.5. The number of carbonyl (C=O) groups is 4. The number of hydrogen-bond acceptors (Lipinski definition) is 7. The molecule has 14 heteroatoms. The summed E-state index contributed by atoms with van der Waals surface area (Å²) in [5, 5.41) is 24.2. The van der Waals surface area contributed by atoms with Gasteiger partial charge in [-0.3, -0.25) is 14.4 Å². The molecule has 2 aliphatic rings. The van der Waals surface area contributed by atoms with Gasteiger partial charge in [0, 0.05) is 36.7 Å². The van der Waals surface area contributed by atoms with Gasteiger partial charge < -0.3 is 30.7 Å². The third-order valence-electron chi connectivity index (χ3n) is 5.69. The molecule has 1 aliphatic carbocycles. The largest absolute Gasteiger partial charge is 0.480 e. The zero-order chi connectivity index (χ0) is 24.0. The average Bonchev–Trinajstić information content (AvgIpc) is 3.12. The number of amides is 2. The van der Waals surface area contributed by atoms with Gasteiger partial charge in [0.05, 0.1) is 22.2 Å². The second-order valence-corrected chi connectivity index (χ2v) is 9.64. The monoisotopic (exact) mass is 515 g/mol. The zero-order valence-corrected chi connectivity index (χ0v) is 19.5. The number of rotatable bonds is 8. The standard InChI is InChI=1S/C19H19Cl2N5O6S/c1-6-12(20)13(21)15(23-6)17(30)25-14-7-4-26(5-8(7)14)19-24-9(16(33-19)18(31)32)2-10(27)22-3-11(28)29/h7-8,14,23H,2-5H2,1H3,(H,22,27)(H,25,30)(H,28,29)(H,31,32)/t7-,8+,14?. The highest BCUT2D eigenvalue weighted by molar-refractivity contribution is 7.17. The summed E-state index contributed by atoms with van der Waals surface area (Å²) >= 11 is 13.1. The molecule has 1 saturated carbocycles. The summed E-state index contributed by atoms with van der Waals surface area (Å²) < 4.78 is 0. The molecule has 5 N–H and O–H groups in total. The van der Waals surface area contributed by atoms with Crippen molar-refractivity contribution in [2.75, 3.05) is 24.5 Å². The number of anilines is 1. The second kappa shape index (κ2) is 8.84. The molecule has 1 aliphatic heterocycles. The predicted octanol–water partition coefficient (Wildman–Crippen LogP) is 1.39. The number of carboxylic acid groups (broad SMARTS) is 2. The minimum absolute atomic E-state index is 0.0348. The van der Waals surface area contributed by atoms with E-state index in [1.165, 1.54) is 0 Å². The fourth-order valence-electron chi connectivity index (χ4n) is 4.00. The van der Waals surface area contributed by atoms with E-state index in [1.54, 1.807) is 6.92 Å². The Bertz CT molecular complexity index is 1150. The second-order valence-electron chi connectivity index (χ2n) is 7.91. The number of thiazole rings is 1. The van der Waals surface area contributed by atoms with E-state index >= 15 is 0 Å². The fraction of sp³-hybridized carbons (Fsp3) is 0.421. The number of nitrogens with zero attached hydrogens (tertiary/aromatic N) is 2. The van der Waals surface area contributed by atoms with Crippen LogP contribution in [0.3, 0.4) is 0 Å². The van der Waals surface area contributed by atoms with Gasteiger partial charge >= 0.3 is 11.9 Å². The van der Waals surface area contributed by atoms with Crippen LogP contribution in [0.2, 0.25) is 10.0 Å². The Hall–Kier alpha value is -2.83. The number of aromatic amines is 1. The normalized spacial score (nSPS) is 20.9. The quantitative estimate of drug-likeness (QED) is 0.351. The molecule has 2 fully saturated rings. The molecule has 4 rings (SSSR count). The molecule has 176 valence electrons. The Morgan fingerprint density at radius 2 is 1.85 bits per heavy atom. The Labute approximate surface area is 201 Å². The maximum atomic E-state index is 12.5. The minimum Gasteiger partial charge on any atom is -0.480 e. The van der Waals surface area contributed by atoms with Crippen LogP contribution in [-0.4, -0.2) is 69.6 Å². The van der Waals surface area contributed by atoms with Crippen LogP contribution in [0.1, 0.15) is 31.5 Å². The van der Waals surface area contributed by atoms with Crippen molar-refractivity contribution < 1.29 is 29.4 Å². The maximum Gasteiger partial charge on any atom is 0.347 e. The van der Waals surface area contributed by atoms with E-state index in [0.717, 1.165) is 11.3 Å². The molecule has 0 bridgehead atoms. The van der Waals surface area contributed by atoms with Crippen molar-refractivity contribution in [2.24, 2.45) is 11.8 Å². The number of fused-ring (bicyclic) bond motifs is 1. The summed E-state index contributed by atoms with van der Waals surface area (Å²) in [5.74, 6) is -3.00. The molecular formula is C19H19Cl2N5O6S. The van der Waals surface area contributed by atoms with Crippen LogP contribution >= 0.6 is 34.5 Å². The summed E-state index contributed by atoms with van der Waals surface area (Å²) in [6.07, 6.45) is -0.330. The topological polar surface area (TPSA) is 165 Å². The Balaban J connectivity index is 1.37. The first kappa shape index (κ1) is 23.3. The molecule has 2 aromatic heterocycles. The minimum atomic E-state index is -1.20. The first-order chi connectivity index (χ1) is 15.6. The summed E-state index contributed by atoms with van der Waals surface area (Å²) in [5.41, 5.74) is 0.918. The number of aliphatic carboxylic acids is 1. The Morgan fingerprint density at radius 3 is 2.39 bits per heavy atom. The van der Waals surface area contributed by atoms with Gasteiger partial charge in [0.2, 0.25) is 5.91 Å². The molecule has 0 spiro atoms. The SMILES string of the molecule is Cc1[nH]c(C(=O)NC2[C@H]3CN(c4nc(CC(=O)NCC(=O)O)c(C(=O)O)s4)C[C@@H]23)c(Cl)c1Cl. The molecule has 3 heterocycles. The Morgan fingerprint density at radius 1 is 1.18 bits per heavy atom. The number of halogens is 2. The van der Waals surface area contributed by atoms with Crippen LogP contribution in [0, 0.1) is 18.8 Å². The molecule has 0 aromatic carbocycles. The van der Waals surface area contributed by atoms with Crippen LogP contribution in [-0.2, 0) is 16.0 Å². The van der Waals surface area contributed by atoms with Crippen molar-refractivity contribution in [2.45, 2.75) is 19.4 Å². The molecule has 0 radical (unpaired) electrons. The van der Waals surface area contributed by atoms with Gasteiger partial charge in [-0.2, -0.15) is 0 Å². The highest BCUT2D eigenvalue weighted by atomic mass is 35.5. The number of aromatic nitrogens is 2. The lowest BCUT2D eigenvalue weighted by Crippen LogP contribution is -2.35. The van der Waals surface area contributed by atoms with E-state index in [9.17, 15) is 24.3 Å². The smallest absolute Gasteiger partial charge is 0.347 e. The third-order valence-corrected chi connectivity index (χ3v) is 7.78. The number of carboxylic acids is 2. The van der Waals surface area contributed by atoms with Crippen LogP contribution < -0.4 is 15.5 Å². The highest BCUT2D eigenvalue weighted by Gasteiger charge is 2.57. The summed E-state index contributed by atoms with van der Waals surface area (Å²) in [6, 6.07) is -0.0348. The van der Waals surface area contributed by atoms with Crippen LogP contribution in [0.4, 0.5) is 5.13 Å². The van der Waals surface area contributed by atoms with Gasteiger partial charge in [-0.05, 0) is 6.92 Å². The highest BCUT2D eigenvalue weighted by Crippen LogP contribution is 2.48. The molecule has 11 nitrogen and oxygen atoms in total. The zero-order valence-electron chi connectivity index (χ0n) is 17.1. The van der Waals surface area contributed by atoms with Crippen molar-refractivity contribution in [3.63, 3.8) is 0 Å². The molecule has 3 atom stereocenters. The molecule has 2 amide bonds. The van der Waals surface area contributed by atoms with Crippen molar-refractivity contribution in [3.8, 4) is 0 Å². The van der Waals surface area contributed by atoms with E-state index in [1.807, 2.05) is 4.90 Å². The number of nitrogens with one attached hydrogen (secondary N) is 3. The van der Waals surface area contributed by atoms with E-state index < -0.39 is 24.4 Å². The van der Waals surface area contributed by atoms with Gasteiger partial charge in [0.25, 0.3) is 5.91 Å². The van der Waals surface area contributed by atoms with Crippen molar-refractivity contribution >= 4 is 63.4 Å². The molecule has 2 aromatic rings. The molecular weight excluding hydrogens is 497 g/mol. The number of aryl methyl sites for hydroxylation is 1. The predicted molar refractivity (Wildman–Crippen MR) is 119 cm³/mol. The average molecular weight is 516 g/mol. The number of piperidine rings is 1. The van der Waals surface area contributed by atoms with E-state index in [4.69, 9.17) is 28.3 Å². The number of hydrogen-bond donors (Lipinski definition) is 5. The molecule has 33 heavy (non-hydrogen) atoms. The van der Waals surface area contributed by atoms with E-state index in [-0.39, 0.29) is 51.5 Å². The lowest BCUT2D eigenvalue weighted by atomic mass is 10.2. The first-order valence-electron chi connectivity index (χ1n) is 9.87. The summed E-state index contributed by atoms with van der Waals surface area (Å²) in [4.78, 5) is 55.7. The lowest BCUT2D eigenvalue weighted by Gasteiger charge is -2.19. The molecule has 1 unspecified atom stereocenters. The number of aromatic carboxylic acids is 1. The number of carbonyl (C=O) groups excluding carboxylic acids is 2. The van der Waals surface area contributed by atoms with Crippen molar-refractivity contribution in [3.05, 3.63) is 32.0 Å². The van der Waals surface area contributed by atoms with Gasteiger partial charge in [-0.1, -0.05) is 34.5 Å². The van der Waals surface area contributed by atoms with E-state index in [2.05, 4.69) is 20.6 Å². The lowest BCUT2D eigenvalue weighted by molar-refractivity contribution is -0.137. The van der Waals surface area contributed by atoms with Gasteiger partial charge in [0.1, 0.15) is 17.1 Å². The fourth-order valence-corrected chi connectivity index (χ4v) is 5.35. The van der Waals surface area contributed by atoms with E-state index in [0.29, 0.717) is 28.9 Å². The summed E-state index contributed by atoms with van der Waals surface area (Å²) in [7, 11) is 0. The van der Waals surface area contributed by atoms with Crippen molar-refractivity contribution in [1.29, 1.82) is 0 Å². The summed E-state index contributed by atoms with van der Waals surface area (Å²) in [6.45, 7) is 2.31. The van der Waals surface area contributed by atoms with Gasteiger partial charge in [-0.15, -0.1) is 0 Å². The number of H-pyrrole nitrogens is 1. The first-order valence-corrected chi connectivity index (χ1v) is 11.4.